The van der Waals surface area contributed by atoms with Crippen molar-refractivity contribution in [3.8, 4) is 0 Å². The Balaban J connectivity index is 5.24. The Hall–Kier alpha value is -0.780. The largest absolute Gasteiger partial charge is 0.465 e. The average Bonchev–Trinajstić information content (AvgIpc) is 2.23. The van der Waals surface area contributed by atoms with Gasteiger partial charge in [-0.1, -0.05) is 27.7 Å². The quantitative estimate of drug-likeness (QED) is 0.697. The minimum atomic E-state index is -4.36. The van der Waals surface area contributed by atoms with E-state index in [1.54, 1.807) is 6.92 Å². The van der Waals surface area contributed by atoms with Crippen molar-refractivity contribution in [2.75, 3.05) is 13.2 Å². The molecule has 0 aromatic heterocycles. The van der Waals surface area contributed by atoms with E-state index in [4.69, 9.17) is 4.74 Å². The zero-order chi connectivity index (χ0) is 16.0. The second kappa shape index (κ2) is 7.86. The number of halogens is 3. The summed E-state index contributed by atoms with van der Waals surface area (Å²) in [5.74, 6) is -0.426. The van der Waals surface area contributed by atoms with E-state index >= 15 is 0 Å². The highest BCUT2D eigenvalue weighted by Crippen LogP contribution is 2.28. The minimum Gasteiger partial charge on any atom is -0.465 e. The van der Waals surface area contributed by atoms with Gasteiger partial charge in [0.25, 0.3) is 0 Å². The van der Waals surface area contributed by atoms with Crippen molar-refractivity contribution in [2.45, 2.75) is 59.2 Å². The average molecular weight is 297 g/mol. The number of alkyl halides is 3. The van der Waals surface area contributed by atoms with E-state index in [1.807, 2.05) is 27.7 Å². The molecule has 0 fully saturated rings. The van der Waals surface area contributed by atoms with E-state index in [9.17, 15) is 18.0 Å². The van der Waals surface area contributed by atoms with Crippen LogP contribution in [0.25, 0.3) is 0 Å². The van der Waals surface area contributed by atoms with Crippen molar-refractivity contribution < 1.29 is 22.7 Å². The van der Waals surface area contributed by atoms with Gasteiger partial charge in [-0.15, -0.1) is 0 Å². The Morgan fingerprint density at radius 3 is 1.85 bits per heavy atom. The number of ether oxygens (including phenoxy) is 1. The van der Waals surface area contributed by atoms with E-state index in [2.05, 4.69) is 5.32 Å². The molecule has 0 aliphatic rings. The maximum Gasteiger partial charge on any atom is 0.401 e. The van der Waals surface area contributed by atoms with E-state index in [-0.39, 0.29) is 18.4 Å². The molecule has 0 aliphatic heterocycles. The second-order valence-corrected chi connectivity index (χ2v) is 5.97. The third-order valence-corrected chi connectivity index (χ3v) is 2.81. The highest BCUT2D eigenvalue weighted by atomic mass is 19.4. The zero-order valence-corrected chi connectivity index (χ0v) is 12.9. The SMILES string of the molecule is CCOC(=O)C(CC(C)C)(CC(C)C)NCC(F)(F)F. The normalized spacial score (nSPS) is 13.1. The molecule has 3 nitrogen and oxygen atoms in total. The summed E-state index contributed by atoms with van der Waals surface area (Å²) >= 11 is 0. The summed E-state index contributed by atoms with van der Waals surface area (Å²) in [4.78, 5) is 12.2. The maximum absolute atomic E-state index is 12.5. The van der Waals surface area contributed by atoms with Gasteiger partial charge in [0, 0.05) is 0 Å². The van der Waals surface area contributed by atoms with Crippen LogP contribution in [0.4, 0.5) is 13.2 Å². The predicted molar refractivity (Wildman–Crippen MR) is 72.3 cm³/mol. The van der Waals surface area contributed by atoms with Crippen LogP contribution >= 0.6 is 0 Å². The summed E-state index contributed by atoms with van der Waals surface area (Å²) in [5, 5.41) is 2.42. The van der Waals surface area contributed by atoms with Crippen molar-refractivity contribution in [3.63, 3.8) is 0 Å². The molecule has 0 heterocycles. The summed E-state index contributed by atoms with van der Waals surface area (Å²) in [6.45, 7) is 8.13. The number of rotatable bonds is 8. The first-order valence-electron chi connectivity index (χ1n) is 7.01. The molecule has 0 amide bonds. The first kappa shape index (κ1) is 19.2. The lowest BCUT2D eigenvalue weighted by Gasteiger charge is -2.35. The third kappa shape index (κ3) is 7.12. The van der Waals surface area contributed by atoms with Gasteiger partial charge in [0.15, 0.2) is 0 Å². The summed E-state index contributed by atoms with van der Waals surface area (Å²) in [5.41, 5.74) is -1.27. The standard InChI is InChI=1S/C14H26F3NO2/c1-6-20-12(19)13(7-10(2)3,8-11(4)5)18-9-14(15,16)17/h10-11,18H,6-9H2,1-5H3. The third-order valence-electron chi connectivity index (χ3n) is 2.81. The molecule has 0 saturated heterocycles. The van der Waals surface area contributed by atoms with Crippen molar-refractivity contribution in [3.05, 3.63) is 0 Å². The molecule has 0 atom stereocenters. The van der Waals surface area contributed by atoms with E-state index < -0.39 is 24.2 Å². The molecule has 0 unspecified atom stereocenters. The van der Waals surface area contributed by atoms with Crippen LogP contribution in [0.5, 0.6) is 0 Å². The van der Waals surface area contributed by atoms with Crippen molar-refractivity contribution >= 4 is 5.97 Å². The van der Waals surface area contributed by atoms with Gasteiger partial charge in [-0.2, -0.15) is 13.2 Å². The van der Waals surface area contributed by atoms with Crippen LogP contribution in [0.1, 0.15) is 47.5 Å². The van der Waals surface area contributed by atoms with Crippen LogP contribution < -0.4 is 5.32 Å². The lowest BCUT2D eigenvalue weighted by atomic mass is 9.81. The van der Waals surface area contributed by atoms with Gasteiger partial charge in [0.2, 0.25) is 0 Å². The van der Waals surface area contributed by atoms with E-state index in [1.165, 1.54) is 0 Å². The molecule has 1 N–H and O–H groups in total. The Bertz CT molecular complexity index is 291. The Kier molecular flexibility index (Phi) is 7.55. The molecule has 0 bridgehead atoms. The number of nitrogens with one attached hydrogen (secondary N) is 1. The Morgan fingerprint density at radius 1 is 1.10 bits per heavy atom. The van der Waals surface area contributed by atoms with Crippen LogP contribution in [-0.4, -0.2) is 30.8 Å². The first-order valence-corrected chi connectivity index (χ1v) is 7.01. The van der Waals surface area contributed by atoms with Gasteiger partial charge in [-0.05, 0) is 31.6 Å². The molecule has 120 valence electrons. The molecule has 0 saturated carbocycles. The van der Waals surface area contributed by atoms with Gasteiger partial charge >= 0.3 is 12.1 Å². The summed E-state index contributed by atoms with van der Waals surface area (Å²) < 4.78 is 42.5. The van der Waals surface area contributed by atoms with Gasteiger partial charge in [0.05, 0.1) is 13.2 Å². The fraction of sp³-hybridized carbons (Fsp3) is 0.929. The van der Waals surface area contributed by atoms with Gasteiger partial charge in [0.1, 0.15) is 5.54 Å². The summed E-state index contributed by atoms with van der Waals surface area (Å²) in [6.07, 6.45) is -3.72. The highest BCUT2D eigenvalue weighted by molar-refractivity contribution is 5.81. The molecule has 0 radical (unpaired) electrons. The number of carbonyl (C=O) groups excluding carboxylic acids is 1. The van der Waals surface area contributed by atoms with E-state index in [0.717, 1.165) is 0 Å². The van der Waals surface area contributed by atoms with E-state index in [0.29, 0.717) is 12.8 Å². The smallest absolute Gasteiger partial charge is 0.401 e. The van der Waals surface area contributed by atoms with Crippen LogP contribution in [0.2, 0.25) is 0 Å². The molecule has 0 aromatic rings. The first-order chi connectivity index (χ1) is 9.02. The predicted octanol–water partition coefficient (Wildman–Crippen LogP) is 3.53. The zero-order valence-electron chi connectivity index (χ0n) is 12.9. The van der Waals surface area contributed by atoms with Crippen LogP contribution in [-0.2, 0) is 9.53 Å². The molecular formula is C14H26F3NO2. The lowest BCUT2D eigenvalue weighted by Crippen LogP contribution is -2.57. The molecule has 6 heteroatoms. The fourth-order valence-electron chi connectivity index (χ4n) is 2.40. The lowest BCUT2D eigenvalue weighted by molar-refractivity contribution is -0.158. The number of hydrogen-bond donors (Lipinski definition) is 1. The Morgan fingerprint density at radius 2 is 1.55 bits per heavy atom. The number of esters is 1. The van der Waals surface area contributed by atoms with Crippen molar-refractivity contribution in [2.24, 2.45) is 11.8 Å². The molecule has 0 aliphatic carbocycles. The maximum atomic E-state index is 12.5. The molecular weight excluding hydrogens is 271 g/mol. The van der Waals surface area contributed by atoms with Crippen LogP contribution in [0, 0.1) is 11.8 Å². The summed E-state index contributed by atoms with van der Waals surface area (Å²) in [7, 11) is 0. The molecule has 0 rings (SSSR count). The highest BCUT2D eigenvalue weighted by Gasteiger charge is 2.43. The number of carbonyl (C=O) groups is 1. The van der Waals surface area contributed by atoms with Gasteiger partial charge in [-0.3, -0.25) is 10.1 Å². The molecule has 0 aromatic carbocycles. The minimum absolute atomic E-state index is 0.0823. The second-order valence-electron chi connectivity index (χ2n) is 5.97. The Labute approximate surface area is 119 Å². The van der Waals surface area contributed by atoms with Crippen molar-refractivity contribution in [1.29, 1.82) is 0 Å². The molecule has 0 spiro atoms. The van der Waals surface area contributed by atoms with Crippen LogP contribution in [0.15, 0.2) is 0 Å². The van der Waals surface area contributed by atoms with Gasteiger partial charge in [-0.25, -0.2) is 0 Å². The molecule has 20 heavy (non-hydrogen) atoms. The topological polar surface area (TPSA) is 38.3 Å². The van der Waals surface area contributed by atoms with Gasteiger partial charge < -0.3 is 4.74 Å². The monoisotopic (exact) mass is 297 g/mol. The summed E-state index contributed by atoms with van der Waals surface area (Å²) in [6, 6.07) is 0. The number of hydrogen-bond acceptors (Lipinski definition) is 3. The van der Waals surface area contributed by atoms with Crippen LogP contribution in [0.3, 0.4) is 0 Å². The van der Waals surface area contributed by atoms with Crippen molar-refractivity contribution in [1.82, 2.24) is 5.32 Å². The fourth-order valence-corrected chi connectivity index (χ4v) is 2.40.